The van der Waals surface area contributed by atoms with Crippen molar-refractivity contribution in [2.75, 3.05) is 6.61 Å². The van der Waals surface area contributed by atoms with Crippen LogP contribution in [0.3, 0.4) is 0 Å². The van der Waals surface area contributed by atoms with Crippen LogP contribution in [0.4, 0.5) is 0 Å². The molecule has 5 nitrogen and oxygen atoms in total. The van der Waals surface area contributed by atoms with Crippen LogP contribution >= 0.6 is 0 Å². The molecule has 0 fully saturated rings. The van der Waals surface area contributed by atoms with Crippen molar-refractivity contribution in [1.29, 1.82) is 0 Å². The molecule has 0 aliphatic rings. The van der Waals surface area contributed by atoms with Crippen LogP contribution in [-0.4, -0.2) is 22.1 Å². The lowest BCUT2D eigenvalue weighted by atomic mass is 10.1. The molecule has 35 heavy (non-hydrogen) atoms. The topological polar surface area (TPSA) is 56.1 Å². The van der Waals surface area contributed by atoms with Crippen LogP contribution < -0.4 is 10.1 Å². The lowest BCUT2D eigenvalue weighted by Gasteiger charge is -2.17. The monoisotopic (exact) mass is 467 g/mol. The number of carbonyl (C=O) groups is 1. The van der Waals surface area contributed by atoms with Gasteiger partial charge in [-0.05, 0) is 69.0 Å². The van der Waals surface area contributed by atoms with Crippen molar-refractivity contribution in [2.45, 2.75) is 45.7 Å². The van der Waals surface area contributed by atoms with E-state index in [1.54, 1.807) is 0 Å². The highest BCUT2D eigenvalue weighted by Crippen LogP contribution is 2.23. The van der Waals surface area contributed by atoms with E-state index in [0.717, 1.165) is 59.5 Å². The van der Waals surface area contributed by atoms with Gasteiger partial charge in [0.25, 0.3) is 5.91 Å². The second-order valence-corrected chi connectivity index (χ2v) is 8.83. The lowest BCUT2D eigenvalue weighted by molar-refractivity contribution is 0.0937. The number of fused-ring (bicyclic) bond motifs is 1. The second-order valence-electron chi connectivity index (χ2n) is 8.83. The number of aryl methyl sites for hydroxylation is 2. The third-order valence-corrected chi connectivity index (χ3v) is 6.10. The van der Waals surface area contributed by atoms with Crippen molar-refractivity contribution >= 4 is 16.9 Å². The van der Waals surface area contributed by atoms with Crippen molar-refractivity contribution in [3.8, 4) is 5.75 Å². The van der Waals surface area contributed by atoms with E-state index in [2.05, 4.69) is 28.6 Å². The predicted octanol–water partition coefficient (Wildman–Crippen LogP) is 6.42. The van der Waals surface area contributed by atoms with Crippen LogP contribution in [0.1, 0.15) is 53.1 Å². The van der Waals surface area contributed by atoms with Crippen LogP contribution in [0.25, 0.3) is 11.0 Å². The minimum Gasteiger partial charge on any atom is -0.493 e. The molecule has 1 amide bonds. The highest BCUT2D eigenvalue weighted by Gasteiger charge is 2.19. The van der Waals surface area contributed by atoms with Crippen molar-refractivity contribution in [3.63, 3.8) is 0 Å². The Morgan fingerprint density at radius 1 is 1.06 bits per heavy atom. The largest absolute Gasteiger partial charge is 0.493 e. The first-order chi connectivity index (χ1) is 17.1. The minimum atomic E-state index is -0.224. The summed E-state index contributed by atoms with van der Waals surface area (Å²) in [7, 11) is 0. The Bertz CT molecular complexity index is 1290. The van der Waals surface area contributed by atoms with E-state index in [1.807, 2.05) is 80.6 Å². The summed E-state index contributed by atoms with van der Waals surface area (Å²) < 4.78 is 8.28. The molecule has 1 heterocycles. The van der Waals surface area contributed by atoms with E-state index in [0.29, 0.717) is 12.2 Å². The number of allylic oxidation sites excluding steroid dienone is 1. The van der Waals surface area contributed by atoms with Crippen LogP contribution in [-0.2, 0) is 13.0 Å². The number of aromatic nitrogens is 2. The zero-order valence-electron chi connectivity index (χ0n) is 20.5. The van der Waals surface area contributed by atoms with Crippen molar-refractivity contribution in [3.05, 3.63) is 108 Å². The molecule has 0 aliphatic heterocycles. The first-order valence-corrected chi connectivity index (χ1v) is 12.2. The molecule has 0 spiro atoms. The van der Waals surface area contributed by atoms with Gasteiger partial charge in [-0.2, -0.15) is 0 Å². The molecule has 1 N–H and O–H groups in total. The molecular formula is C30H33N3O2. The Labute approximate surface area is 207 Å². The van der Waals surface area contributed by atoms with E-state index >= 15 is 0 Å². The maximum atomic E-state index is 12.8. The molecule has 0 aliphatic carbocycles. The maximum absolute atomic E-state index is 12.8. The molecule has 3 aromatic carbocycles. The molecule has 0 saturated carbocycles. The molecule has 1 atom stereocenters. The summed E-state index contributed by atoms with van der Waals surface area (Å²) >= 11 is 0. The first kappa shape index (κ1) is 24.3. The Kier molecular flexibility index (Phi) is 7.99. The van der Waals surface area contributed by atoms with Gasteiger partial charge in [0.1, 0.15) is 11.6 Å². The summed E-state index contributed by atoms with van der Waals surface area (Å²) in [5.41, 5.74) is 4.96. The Morgan fingerprint density at radius 2 is 1.80 bits per heavy atom. The zero-order valence-corrected chi connectivity index (χ0v) is 20.5. The number of imidazole rings is 1. The number of para-hydroxylation sites is 3. The predicted molar refractivity (Wildman–Crippen MR) is 142 cm³/mol. The molecule has 0 saturated heterocycles. The van der Waals surface area contributed by atoms with Crippen LogP contribution in [0, 0.1) is 6.92 Å². The van der Waals surface area contributed by atoms with Crippen molar-refractivity contribution < 1.29 is 9.53 Å². The third-order valence-electron chi connectivity index (χ3n) is 6.10. The molecule has 1 aromatic heterocycles. The molecule has 4 rings (SSSR count). The van der Waals surface area contributed by atoms with E-state index in [9.17, 15) is 4.79 Å². The highest BCUT2D eigenvalue weighted by atomic mass is 16.5. The van der Waals surface area contributed by atoms with Crippen LogP contribution in [0.2, 0.25) is 0 Å². The Morgan fingerprint density at radius 3 is 2.60 bits per heavy atom. The number of unbranched alkanes of at least 4 members (excludes halogenated alkanes) is 1. The molecule has 0 radical (unpaired) electrons. The van der Waals surface area contributed by atoms with Crippen molar-refractivity contribution in [1.82, 2.24) is 14.9 Å². The van der Waals surface area contributed by atoms with Gasteiger partial charge in [0.05, 0.1) is 23.7 Å². The van der Waals surface area contributed by atoms with Gasteiger partial charge in [-0.25, -0.2) is 4.98 Å². The summed E-state index contributed by atoms with van der Waals surface area (Å²) in [5.74, 6) is 1.69. The summed E-state index contributed by atoms with van der Waals surface area (Å²) in [6.45, 7) is 9.28. The molecule has 0 bridgehead atoms. The molecule has 180 valence electrons. The first-order valence-electron chi connectivity index (χ1n) is 12.2. The van der Waals surface area contributed by atoms with Gasteiger partial charge in [-0.15, -0.1) is 6.58 Å². The molecule has 5 heteroatoms. The van der Waals surface area contributed by atoms with Gasteiger partial charge in [-0.3, -0.25) is 4.79 Å². The molecular weight excluding hydrogens is 434 g/mol. The number of carbonyl (C=O) groups excluding carboxylic acids is 1. The third kappa shape index (κ3) is 5.99. The van der Waals surface area contributed by atoms with Gasteiger partial charge in [0.2, 0.25) is 0 Å². The number of rotatable bonds is 11. The van der Waals surface area contributed by atoms with Crippen molar-refractivity contribution in [2.24, 2.45) is 0 Å². The smallest absolute Gasteiger partial charge is 0.251 e. The summed E-state index contributed by atoms with van der Waals surface area (Å²) in [6.07, 6.45) is 4.55. The number of hydrogen-bond donors (Lipinski definition) is 1. The van der Waals surface area contributed by atoms with Gasteiger partial charge >= 0.3 is 0 Å². The van der Waals surface area contributed by atoms with E-state index in [1.165, 1.54) is 0 Å². The van der Waals surface area contributed by atoms with Gasteiger partial charge in [0.15, 0.2) is 0 Å². The SMILES string of the molecule is C=CCc1ccccc1OCCCCn1c(C(C)NC(=O)c2ccc(C)cc2)nc2ccccc21. The summed E-state index contributed by atoms with van der Waals surface area (Å²) in [4.78, 5) is 17.7. The average molecular weight is 468 g/mol. The zero-order chi connectivity index (χ0) is 24.6. The van der Waals surface area contributed by atoms with E-state index in [-0.39, 0.29) is 11.9 Å². The quantitative estimate of drug-likeness (QED) is 0.204. The van der Waals surface area contributed by atoms with Gasteiger partial charge < -0.3 is 14.6 Å². The fourth-order valence-corrected chi connectivity index (χ4v) is 4.23. The van der Waals surface area contributed by atoms with E-state index in [4.69, 9.17) is 9.72 Å². The maximum Gasteiger partial charge on any atom is 0.251 e. The summed E-state index contributed by atoms with van der Waals surface area (Å²) in [5, 5.41) is 3.12. The van der Waals surface area contributed by atoms with Gasteiger partial charge in [0, 0.05) is 12.1 Å². The Hall–Kier alpha value is -3.86. The molecule has 4 aromatic rings. The van der Waals surface area contributed by atoms with E-state index < -0.39 is 0 Å². The number of hydrogen-bond acceptors (Lipinski definition) is 3. The number of benzene rings is 3. The Balaban J connectivity index is 1.41. The fraction of sp³-hybridized carbons (Fsp3) is 0.267. The van der Waals surface area contributed by atoms with Crippen LogP contribution in [0.15, 0.2) is 85.5 Å². The second kappa shape index (κ2) is 11.5. The van der Waals surface area contributed by atoms with Crippen LogP contribution in [0.5, 0.6) is 5.75 Å². The number of ether oxygens (including phenoxy) is 1. The lowest BCUT2D eigenvalue weighted by Crippen LogP contribution is -2.28. The standard InChI is InChI=1S/C30H33N3O2/c1-4-11-24-12-5-8-15-28(24)35-21-10-9-20-33-27-14-7-6-13-26(27)32-29(33)23(3)31-30(34)25-18-16-22(2)17-19-25/h4-8,12-19,23H,1,9-11,20-21H2,2-3H3,(H,31,34). The van der Waals surface area contributed by atoms with Gasteiger partial charge in [-0.1, -0.05) is 54.1 Å². The minimum absolute atomic E-state index is 0.0947. The fourth-order valence-electron chi connectivity index (χ4n) is 4.23. The highest BCUT2D eigenvalue weighted by molar-refractivity contribution is 5.94. The molecule has 1 unspecified atom stereocenters. The summed E-state index contributed by atoms with van der Waals surface area (Å²) in [6, 6.07) is 23.6. The average Bonchev–Trinajstić information content (AvgIpc) is 3.24. The normalized spacial score (nSPS) is 11.8. The number of amides is 1. The number of nitrogens with one attached hydrogen (secondary N) is 1. The number of nitrogens with zero attached hydrogens (tertiary/aromatic N) is 2.